The molecule has 1 aromatic carbocycles. The number of benzene rings is 1. The highest BCUT2D eigenvalue weighted by Gasteiger charge is 2.50. The fraction of sp³-hybridized carbons (Fsp3) is 0.417. The lowest BCUT2D eigenvalue weighted by atomic mass is 10.1. The molecule has 3 aromatic rings. The van der Waals surface area contributed by atoms with Gasteiger partial charge in [0.05, 0.1) is 22.5 Å². The van der Waals surface area contributed by atoms with Gasteiger partial charge in [0.2, 0.25) is 10.0 Å². The van der Waals surface area contributed by atoms with Crippen molar-refractivity contribution in [2.75, 3.05) is 0 Å². The van der Waals surface area contributed by atoms with Gasteiger partial charge in [0, 0.05) is 23.7 Å². The van der Waals surface area contributed by atoms with Crippen molar-refractivity contribution in [1.82, 2.24) is 14.3 Å². The maximum atomic E-state index is 14.7. The van der Waals surface area contributed by atoms with Crippen molar-refractivity contribution in [2.24, 2.45) is 5.73 Å². The molecule has 0 unspecified atom stereocenters. The zero-order valence-corrected chi connectivity index (χ0v) is 21.5. The van der Waals surface area contributed by atoms with E-state index in [1.54, 1.807) is 9.29 Å². The lowest BCUT2D eigenvalue weighted by molar-refractivity contribution is -0.180. The average molecular weight is 579 g/mol. The number of sulfonamides is 1. The third-order valence-electron chi connectivity index (χ3n) is 6.60. The second kappa shape index (κ2) is 10.0. The summed E-state index contributed by atoms with van der Waals surface area (Å²) >= 11 is 0. The number of aromatic nitrogens is 2. The fourth-order valence-electron chi connectivity index (χ4n) is 4.67. The topological polar surface area (TPSA) is 116 Å². The van der Waals surface area contributed by atoms with Gasteiger partial charge in [0.15, 0.2) is 11.6 Å². The number of ether oxygens (including phenoxy) is 1. The molecule has 3 N–H and O–H groups in total. The second-order valence-electron chi connectivity index (χ2n) is 9.68. The summed E-state index contributed by atoms with van der Waals surface area (Å²) in [5.41, 5.74) is 2.96. The van der Waals surface area contributed by atoms with Gasteiger partial charge in [0.25, 0.3) is 5.91 Å². The van der Waals surface area contributed by atoms with Gasteiger partial charge < -0.3 is 15.0 Å². The molecule has 0 spiro atoms. The van der Waals surface area contributed by atoms with Crippen LogP contribution in [0.4, 0.5) is 26.3 Å². The molecule has 0 saturated heterocycles. The normalized spacial score (nSPS) is 15.4. The first kappa shape index (κ1) is 28.7. The van der Waals surface area contributed by atoms with Gasteiger partial charge in [-0.2, -0.15) is 26.7 Å². The average Bonchev–Trinajstić information content (AvgIpc) is 3.43. The van der Waals surface area contributed by atoms with E-state index in [0.717, 1.165) is 37.2 Å². The van der Waals surface area contributed by atoms with E-state index in [1.165, 1.54) is 6.07 Å². The maximum absolute atomic E-state index is 14.7. The summed E-state index contributed by atoms with van der Waals surface area (Å²) in [6.07, 6.45) is -1.20. The Balaban J connectivity index is 1.89. The largest absolute Gasteiger partial charge is 0.432 e. The number of rotatable bonds is 8. The number of nitrogens with zero attached hydrogens (tertiary/aromatic N) is 2. The van der Waals surface area contributed by atoms with Crippen LogP contribution < -0.4 is 15.2 Å². The standard InChI is InChI=1S/C24H24F6N4O4S/c1-23(2,24(28,29)30)33-39(36,37)13-7-8-16(32-11-13)20-19(21(31)35)14-9-15(25)18(38-22(26)27)10-17(14)34(20)12-5-3-4-6-12/h7-12,22,33H,3-6H2,1-2H3,(H2,31,35). The van der Waals surface area contributed by atoms with Crippen LogP contribution in [0.2, 0.25) is 0 Å². The van der Waals surface area contributed by atoms with Gasteiger partial charge in [-0.1, -0.05) is 12.8 Å². The monoisotopic (exact) mass is 578 g/mol. The van der Waals surface area contributed by atoms with E-state index in [4.69, 9.17) is 5.73 Å². The highest BCUT2D eigenvalue weighted by atomic mass is 32.2. The summed E-state index contributed by atoms with van der Waals surface area (Å²) in [6, 6.07) is 3.80. The molecule has 8 nitrogen and oxygen atoms in total. The highest BCUT2D eigenvalue weighted by molar-refractivity contribution is 7.89. The third-order valence-corrected chi connectivity index (χ3v) is 8.24. The number of halogens is 6. The number of primary amides is 1. The Bertz CT molecular complexity index is 1510. The summed E-state index contributed by atoms with van der Waals surface area (Å²) < 4.78 is 113. The summed E-state index contributed by atoms with van der Waals surface area (Å²) in [7, 11) is -4.67. The number of hydrogen-bond donors (Lipinski definition) is 2. The van der Waals surface area contributed by atoms with E-state index in [9.17, 15) is 39.6 Å². The van der Waals surface area contributed by atoms with Crippen LogP contribution in [0.25, 0.3) is 22.3 Å². The SMILES string of the molecule is CC(C)(NS(=O)(=O)c1ccc(-c2c(C(N)=O)c3cc(F)c(OC(F)F)cc3n2C2CCCC2)nc1)C(F)(F)F. The van der Waals surface area contributed by atoms with Gasteiger partial charge in [-0.05, 0) is 44.9 Å². The molecular weight excluding hydrogens is 554 g/mol. The van der Waals surface area contributed by atoms with Crippen LogP contribution in [0.15, 0.2) is 35.4 Å². The maximum Gasteiger partial charge on any atom is 0.407 e. The summed E-state index contributed by atoms with van der Waals surface area (Å²) in [5, 5.41) is 0.00982. The molecular formula is C24H24F6N4O4S. The van der Waals surface area contributed by atoms with E-state index in [-0.39, 0.29) is 33.9 Å². The number of amides is 1. The highest BCUT2D eigenvalue weighted by Crippen LogP contribution is 2.43. The molecule has 1 fully saturated rings. The van der Waals surface area contributed by atoms with Crippen LogP contribution in [-0.2, 0) is 10.0 Å². The Morgan fingerprint density at radius 1 is 1.18 bits per heavy atom. The van der Waals surface area contributed by atoms with Gasteiger partial charge in [0.1, 0.15) is 10.4 Å². The number of fused-ring (bicyclic) bond motifs is 1. The number of hydrogen-bond acceptors (Lipinski definition) is 5. The van der Waals surface area contributed by atoms with Crippen LogP contribution in [0, 0.1) is 5.82 Å². The minimum atomic E-state index is -4.88. The minimum Gasteiger partial charge on any atom is -0.432 e. The van der Waals surface area contributed by atoms with Crippen LogP contribution in [0.1, 0.15) is 55.9 Å². The van der Waals surface area contributed by atoms with Crippen molar-refractivity contribution >= 4 is 26.8 Å². The molecule has 212 valence electrons. The zero-order valence-electron chi connectivity index (χ0n) is 20.7. The molecule has 2 heterocycles. The van der Waals surface area contributed by atoms with E-state index in [1.807, 2.05) is 0 Å². The molecule has 1 saturated carbocycles. The zero-order chi connectivity index (χ0) is 28.9. The fourth-order valence-corrected chi connectivity index (χ4v) is 6.02. The van der Waals surface area contributed by atoms with Crippen molar-refractivity contribution in [3.8, 4) is 17.1 Å². The molecule has 15 heteroatoms. The van der Waals surface area contributed by atoms with E-state index < -0.39 is 50.7 Å². The smallest absolute Gasteiger partial charge is 0.407 e. The Hall–Kier alpha value is -3.33. The Kier molecular flexibility index (Phi) is 7.36. The van der Waals surface area contributed by atoms with Crippen LogP contribution in [-0.4, -0.2) is 42.2 Å². The van der Waals surface area contributed by atoms with E-state index in [2.05, 4.69) is 9.72 Å². The first-order valence-corrected chi connectivity index (χ1v) is 13.2. The Morgan fingerprint density at radius 2 is 1.82 bits per heavy atom. The van der Waals surface area contributed by atoms with Gasteiger partial charge in [-0.3, -0.25) is 9.78 Å². The number of nitrogens with one attached hydrogen (secondary N) is 1. The molecule has 0 atom stereocenters. The summed E-state index contributed by atoms with van der Waals surface area (Å²) in [6.45, 7) is -1.98. The molecule has 0 aliphatic heterocycles. The number of nitrogens with two attached hydrogens (primary N) is 1. The number of pyridine rings is 1. The molecule has 39 heavy (non-hydrogen) atoms. The number of carbonyl (C=O) groups is 1. The van der Waals surface area contributed by atoms with Crippen molar-refractivity contribution < 1.29 is 44.3 Å². The first-order valence-electron chi connectivity index (χ1n) is 11.7. The Labute approximate surface area is 219 Å². The van der Waals surface area contributed by atoms with Gasteiger partial charge >= 0.3 is 12.8 Å². The minimum absolute atomic E-state index is 0.00982. The molecule has 1 amide bonds. The van der Waals surface area contributed by atoms with Crippen molar-refractivity contribution in [2.45, 2.75) is 68.8 Å². The third kappa shape index (κ3) is 5.41. The summed E-state index contributed by atoms with van der Waals surface area (Å²) in [5.74, 6) is -2.89. The van der Waals surface area contributed by atoms with Gasteiger partial charge in [-0.15, -0.1) is 0 Å². The Morgan fingerprint density at radius 3 is 2.33 bits per heavy atom. The quantitative estimate of drug-likeness (QED) is 0.353. The van der Waals surface area contributed by atoms with Crippen LogP contribution in [0.5, 0.6) is 5.75 Å². The van der Waals surface area contributed by atoms with E-state index >= 15 is 0 Å². The molecule has 1 aliphatic carbocycles. The lowest BCUT2D eigenvalue weighted by Crippen LogP contribution is -2.54. The number of alkyl halides is 5. The summed E-state index contributed by atoms with van der Waals surface area (Å²) in [4.78, 5) is 16.1. The van der Waals surface area contributed by atoms with Crippen molar-refractivity contribution in [3.63, 3.8) is 0 Å². The molecule has 1 aliphatic rings. The molecule has 4 rings (SSSR count). The lowest BCUT2D eigenvalue weighted by Gasteiger charge is -2.28. The van der Waals surface area contributed by atoms with Crippen LogP contribution in [0.3, 0.4) is 0 Å². The van der Waals surface area contributed by atoms with Crippen molar-refractivity contribution in [3.05, 3.63) is 41.8 Å². The van der Waals surface area contributed by atoms with E-state index in [0.29, 0.717) is 26.7 Å². The predicted molar refractivity (Wildman–Crippen MR) is 128 cm³/mol. The molecule has 0 radical (unpaired) electrons. The predicted octanol–water partition coefficient (Wildman–Crippen LogP) is 5.28. The molecule has 2 aromatic heterocycles. The van der Waals surface area contributed by atoms with Gasteiger partial charge in [-0.25, -0.2) is 12.8 Å². The van der Waals surface area contributed by atoms with Crippen molar-refractivity contribution in [1.29, 1.82) is 0 Å². The molecule has 0 bridgehead atoms. The number of carbonyl (C=O) groups excluding carboxylic acids is 1. The first-order chi connectivity index (χ1) is 18.0. The van der Waals surface area contributed by atoms with Crippen LogP contribution >= 0.6 is 0 Å². The second-order valence-corrected chi connectivity index (χ2v) is 11.4.